The van der Waals surface area contributed by atoms with Crippen LogP contribution in [0.3, 0.4) is 0 Å². The number of carboxylic acid groups (broad SMARTS) is 1. The molecule has 0 unspecified atom stereocenters. The molecule has 6 nitrogen and oxygen atoms in total. The van der Waals surface area contributed by atoms with Gasteiger partial charge in [-0.05, 0) is 18.2 Å². The molecule has 3 N–H and O–H groups in total. The SMILES string of the molecule is N#Cc1ccc(NC(=O)NCCC(=O)O)c(F)c1. The van der Waals surface area contributed by atoms with Crippen molar-refractivity contribution in [2.24, 2.45) is 0 Å². The van der Waals surface area contributed by atoms with E-state index in [0.717, 1.165) is 6.07 Å². The van der Waals surface area contributed by atoms with Gasteiger partial charge in [0.25, 0.3) is 0 Å². The number of carbonyl (C=O) groups is 2. The number of rotatable bonds is 4. The molecule has 2 amide bonds. The molecule has 0 fully saturated rings. The van der Waals surface area contributed by atoms with Gasteiger partial charge in [-0.2, -0.15) is 5.26 Å². The monoisotopic (exact) mass is 251 g/mol. The minimum absolute atomic E-state index is 0.0565. The number of benzene rings is 1. The number of halogens is 1. The van der Waals surface area contributed by atoms with Crippen LogP contribution in [0.2, 0.25) is 0 Å². The minimum Gasteiger partial charge on any atom is -0.481 e. The highest BCUT2D eigenvalue weighted by molar-refractivity contribution is 5.89. The van der Waals surface area contributed by atoms with E-state index in [1.807, 2.05) is 0 Å². The fourth-order valence-electron chi connectivity index (χ4n) is 1.14. The van der Waals surface area contributed by atoms with Gasteiger partial charge in [-0.25, -0.2) is 9.18 Å². The van der Waals surface area contributed by atoms with Gasteiger partial charge in [0.05, 0.1) is 23.7 Å². The zero-order valence-corrected chi connectivity index (χ0v) is 9.24. The number of amides is 2. The van der Waals surface area contributed by atoms with E-state index in [2.05, 4.69) is 10.6 Å². The number of hydrogen-bond acceptors (Lipinski definition) is 3. The Hall–Kier alpha value is -2.62. The lowest BCUT2D eigenvalue weighted by Crippen LogP contribution is -2.30. The molecule has 0 bridgehead atoms. The zero-order valence-electron chi connectivity index (χ0n) is 9.24. The maximum Gasteiger partial charge on any atom is 0.319 e. The average Bonchev–Trinajstić information content (AvgIpc) is 2.31. The average molecular weight is 251 g/mol. The van der Waals surface area contributed by atoms with Crippen molar-refractivity contribution in [3.8, 4) is 6.07 Å². The third kappa shape index (κ3) is 4.09. The van der Waals surface area contributed by atoms with Crippen LogP contribution in [0, 0.1) is 17.1 Å². The molecule has 0 atom stereocenters. The van der Waals surface area contributed by atoms with E-state index in [9.17, 15) is 14.0 Å². The molecule has 7 heteroatoms. The lowest BCUT2D eigenvalue weighted by Gasteiger charge is -2.07. The summed E-state index contributed by atoms with van der Waals surface area (Å²) in [6, 6.07) is 4.66. The highest BCUT2D eigenvalue weighted by Crippen LogP contribution is 2.14. The first-order valence-corrected chi connectivity index (χ1v) is 4.99. The molecule has 0 radical (unpaired) electrons. The number of nitrogens with one attached hydrogen (secondary N) is 2. The van der Waals surface area contributed by atoms with Crippen molar-refractivity contribution < 1.29 is 19.1 Å². The number of anilines is 1. The normalized spacial score (nSPS) is 9.33. The van der Waals surface area contributed by atoms with Gasteiger partial charge in [0.2, 0.25) is 0 Å². The van der Waals surface area contributed by atoms with Gasteiger partial charge < -0.3 is 15.7 Å². The lowest BCUT2D eigenvalue weighted by atomic mass is 10.2. The van der Waals surface area contributed by atoms with Crippen molar-refractivity contribution in [3.63, 3.8) is 0 Å². The highest BCUT2D eigenvalue weighted by Gasteiger charge is 2.07. The van der Waals surface area contributed by atoms with Crippen LogP contribution in [0.4, 0.5) is 14.9 Å². The summed E-state index contributed by atoms with van der Waals surface area (Å²) in [5.74, 6) is -1.78. The number of nitrogens with zero attached hydrogens (tertiary/aromatic N) is 1. The van der Waals surface area contributed by atoms with E-state index < -0.39 is 17.8 Å². The van der Waals surface area contributed by atoms with Crippen LogP contribution < -0.4 is 10.6 Å². The van der Waals surface area contributed by atoms with Crippen molar-refractivity contribution in [1.29, 1.82) is 5.26 Å². The molecule has 94 valence electrons. The summed E-state index contributed by atoms with van der Waals surface area (Å²) in [6.07, 6.45) is -0.219. The predicted molar refractivity (Wildman–Crippen MR) is 60.4 cm³/mol. The summed E-state index contributed by atoms with van der Waals surface area (Å²) in [5, 5.41) is 21.4. The van der Waals surface area contributed by atoms with E-state index in [4.69, 9.17) is 10.4 Å². The Morgan fingerprint density at radius 3 is 2.72 bits per heavy atom. The molecule has 0 aromatic heterocycles. The van der Waals surface area contributed by atoms with E-state index >= 15 is 0 Å². The third-order valence-corrected chi connectivity index (χ3v) is 1.97. The summed E-state index contributed by atoms with van der Waals surface area (Å²) in [6.45, 7) is -0.0565. The Labute approximate surface area is 102 Å². The van der Waals surface area contributed by atoms with Gasteiger partial charge in [-0.3, -0.25) is 4.79 Å². The molecule has 1 rings (SSSR count). The van der Waals surface area contributed by atoms with E-state index in [0.29, 0.717) is 0 Å². The maximum atomic E-state index is 13.4. The number of carboxylic acids is 1. The molecule has 0 saturated carbocycles. The van der Waals surface area contributed by atoms with Gasteiger partial charge in [0.15, 0.2) is 0 Å². The first-order chi connectivity index (χ1) is 8.52. The smallest absolute Gasteiger partial charge is 0.319 e. The topological polar surface area (TPSA) is 102 Å². The Kier molecular flexibility index (Phi) is 4.63. The molecule has 0 saturated heterocycles. The second-order valence-electron chi connectivity index (χ2n) is 3.33. The van der Waals surface area contributed by atoms with Crippen LogP contribution >= 0.6 is 0 Å². The zero-order chi connectivity index (χ0) is 13.5. The van der Waals surface area contributed by atoms with Crippen LogP contribution in [0.15, 0.2) is 18.2 Å². The Morgan fingerprint density at radius 2 is 2.17 bits per heavy atom. The second kappa shape index (κ2) is 6.20. The number of urea groups is 1. The molecule has 1 aromatic carbocycles. The third-order valence-electron chi connectivity index (χ3n) is 1.97. The summed E-state index contributed by atoms with van der Waals surface area (Å²) in [4.78, 5) is 21.5. The molecular formula is C11H10FN3O3. The minimum atomic E-state index is -1.04. The van der Waals surface area contributed by atoms with E-state index in [1.165, 1.54) is 12.1 Å². The van der Waals surface area contributed by atoms with Crippen LogP contribution in [-0.4, -0.2) is 23.7 Å². The Bertz CT molecular complexity index is 511. The van der Waals surface area contributed by atoms with E-state index in [-0.39, 0.29) is 24.2 Å². The molecule has 0 spiro atoms. The quantitative estimate of drug-likeness (QED) is 0.750. The van der Waals surface area contributed by atoms with Gasteiger partial charge in [-0.1, -0.05) is 0 Å². The maximum absolute atomic E-state index is 13.4. The largest absolute Gasteiger partial charge is 0.481 e. The fourth-order valence-corrected chi connectivity index (χ4v) is 1.14. The summed E-state index contributed by atoms with van der Waals surface area (Å²) < 4.78 is 13.4. The number of carbonyl (C=O) groups excluding carboxylic acids is 1. The van der Waals surface area contributed by atoms with E-state index in [1.54, 1.807) is 6.07 Å². The number of nitriles is 1. The Balaban J connectivity index is 2.54. The van der Waals surface area contributed by atoms with Crippen LogP contribution in [0.25, 0.3) is 0 Å². The summed E-state index contributed by atoms with van der Waals surface area (Å²) in [7, 11) is 0. The highest BCUT2D eigenvalue weighted by atomic mass is 19.1. The second-order valence-corrected chi connectivity index (χ2v) is 3.33. The van der Waals surface area contributed by atoms with Crippen molar-refractivity contribution in [2.75, 3.05) is 11.9 Å². The van der Waals surface area contributed by atoms with Crippen LogP contribution in [0.1, 0.15) is 12.0 Å². The van der Waals surface area contributed by atoms with Gasteiger partial charge in [0.1, 0.15) is 5.82 Å². The lowest BCUT2D eigenvalue weighted by molar-refractivity contribution is -0.136. The molecule has 0 aliphatic heterocycles. The van der Waals surface area contributed by atoms with Gasteiger partial charge in [0, 0.05) is 6.54 Å². The van der Waals surface area contributed by atoms with Crippen LogP contribution in [0.5, 0.6) is 0 Å². The number of hydrogen-bond donors (Lipinski definition) is 3. The van der Waals surface area contributed by atoms with Crippen molar-refractivity contribution in [1.82, 2.24) is 5.32 Å². The van der Waals surface area contributed by atoms with Gasteiger partial charge >= 0.3 is 12.0 Å². The summed E-state index contributed by atoms with van der Waals surface area (Å²) in [5.41, 5.74) is 0.0613. The molecule has 0 heterocycles. The predicted octanol–water partition coefficient (Wildman–Crippen LogP) is 1.29. The molecule has 1 aromatic rings. The molecule has 0 aliphatic rings. The first-order valence-electron chi connectivity index (χ1n) is 4.99. The molecular weight excluding hydrogens is 241 g/mol. The standard InChI is InChI=1S/C11H10FN3O3/c12-8-5-7(6-13)1-2-9(8)15-11(18)14-4-3-10(16)17/h1-2,5H,3-4H2,(H,16,17)(H2,14,15,18). The number of aliphatic carboxylic acids is 1. The van der Waals surface area contributed by atoms with Gasteiger partial charge in [-0.15, -0.1) is 0 Å². The molecule has 18 heavy (non-hydrogen) atoms. The van der Waals surface area contributed by atoms with Crippen LogP contribution in [-0.2, 0) is 4.79 Å². The summed E-state index contributed by atoms with van der Waals surface area (Å²) >= 11 is 0. The van der Waals surface area contributed by atoms with Crippen molar-refractivity contribution in [2.45, 2.75) is 6.42 Å². The molecule has 0 aliphatic carbocycles. The Morgan fingerprint density at radius 1 is 1.44 bits per heavy atom. The fraction of sp³-hybridized carbons (Fsp3) is 0.182. The van der Waals surface area contributed by atoms with Crippen molar-refractivity contribution >= 4 is 17.7 Å². The van der Waals surface area contributed by atoms with Crippen molar-refractivity contribution in [3.05, 3.63) is 29.6 Å². The first kappa shape index (κ1) is 13.4.